The fourth-order valence-electron chi connectivity index (χ4n) is 3.47. The molecule has 1 aliphatic rings. The first kappa shape index (κ1) is 20.6. The third kappa shape index (κ3) is 4.17. The first-order valence-electron chi connectivity index (χ1n) is 9.46. The number of hydrogen-bond donors (Lipinski definition) is 1. The number of aliphatic hydroxyl groups excluding tert-OH is 1. The smallest absolute Gasteiger partial charge is 0.295 e. The summed E-state index contributed by atoms with van der Waals surface area (Å²) in [6.45, 7) is 4.62. The van der Waals surface area contributed by atoms with E-state index in [1.54, 1.807) is 38.2 Å². The van der Waals surface area contributed by atoms with Crippen LogP contribution >= 0.6 is 0 Å². The lowest BCUT2D eigenvalue weighted by atomic mass is 9.98. The molecular weight excluding hydrogens is 370 g/mol. The van der Waals surface area contributed by atoms with Gasteiger partial charge >= 0.3 is 0 Å². The fourth-order valence-corrected chi connectivity index (χ4v) is 3.47. The average molecular weight is 395 g/mol. The van der Waals surface area contributed by atoms with E-state index in [4.69, 9.17) is 0 Å². The zero-order chi connectivity index (χ0) is 21.1. The minimum absolute atomic E-state index is 0.0223. The van der Waals surface area contributed by atoms with Crippen molar-refractivity contribution in [1.82, 2.24) is 24.8 Å². The number of nitrogens with zero attached hydrogens (tertiary/aromatic N) is 5. The molecule has 29 heavy (non-hydrogen) atoms. The van der Waals surface area contributed by atoms with Crippen molar-refractivity contribution in [3.05, 3.63) is 58.9 Å². The molecule has 1 fully saturated rings. The van der Waals surface area contributed by atoms with Crippen molar-refractivity contribution < 1.29 is 14.7 Å². The monoisotopic (exact) mass is 395 g/mol. The van der Waals surface area contributed by atoms with Crippen molar-refractivity contribution in [3.63, 3.8) is 0 Å². The quantitative estimate of drug-likeness (QED) is 0.453. The summed E-state index contributed by atoms with van der Waals surface area (Å²) in [4.78, 5) is 42.0. The number of aliphatic hydroxyl groups is 1. The highest BCUT2D eigenvalue weighted by Crippen LogP contribution is 2.38. The lowest BCUT2D eigenvalue weighted by molar-refractivity contribution is -0.140. The van der Waals surface area contributed by atoms with Gasteiger partial charge < -0.3 is 14.9 Å². The molecule has 0 unspecified atom stereocenters. The van der Waals surface area contributed by atoms with Crippen LogP contribution < -0.4 is 0 Å². The largest absolute Gasteiger partial charge is 0.507 e. The number of carbonyl (C=O) groups excluding carboxylic acids is 2. The predicted molar refractivity (Wildman–Crippen MR) is 108 cm³/mol. The number of carbonyl (C=O) groups is 2. The average Bonchev–Trinajstić information content (AvgIpc) is 2.93. The fraction of sp³-hybridized carbons (Fsp3) is 0.381. The van der Waals surface area contributed by atoms with E-state index >= 15 is 0 Å². The van der Waals surface area contributed by atoms with E-state index in [1.165, 1.54) is 11.1 Å². The normalized spacial score (nSPS) is 18.7. The molecule has 152 valence electrons. The van der Waals surface area contributed by atoms with E-state index in [9.17, 15) is 14.7 Å². The van der Waals surface area contributed by atoms with E-state index in [0.29, 0.717) is 35.7 Å². The topological polar surface area (TPSA) is 99.5 Å². The van der Waals surface area contributed by atoms with Crippen molar-refractivity contribution in [2.24, 2.45) is 0 Å². The van der Waals surface area contributed by atoms with E-state index in [-0.39, 0.29) is 11.3 Å². The lowest BCUT2D eigenvalue weighted by Crippen LogP contribution is -2.32. The number of amides is 1. The van der Waals surface area contributed by atoms with Crippen LogP contribution in [0, 0.1) is 13.8 Å². The first-order chi connectivity index (χ1) is 13.8. The Morgan fingerprint density at radius 1 is 1.21 bits per heavy atom. The maximum Gasteiger partial charge on any atom is 0.295 e. The Labute approximate surface area is 169 Å². The van der Waals surface area contributed by atoms with E-state index in [2.05, 4.69) is 15.0 Å². The number of rotatable bonds is 6. The second kappa shape index (κ2) is 8.48. The van der Waals surface area contributed by atoms with Crippen molar-refractivity contribution >= 4 is 17.4 Å². The Morgan fingerprint density at radius 2 is 1.97 bits per heavy atom. The van der Waals surface area contributed by atoms with Crippen LogP contribution in [0.25, 0.3) is 5.76 Å². The molecule has 0 bridgehead atoms. The zero-order valence-corrected chi connectivity index (χ0v) is 17.1. The van der Waals surface area contributed by atoms with Gasteiger partial charge in [0.1, 0.15) is 17.6 Å². The number of ketones is 1. The molecule has 0 radical (unpaired) electrons. The molecule has 0 aliphatic carbocycles. The van der Waals surface area contributed by atoms with Crippen LogP contribution in [0.1, 0.15) is 35.2 Å². The van der Waals surface area contributed by atoms with Crippen LogP contribution in [0.3, 0.4) is 0 Å². The highest BCUT2D eigenvalue weighted by atomic mass is 16.3. The summed E-state index contributed by atoms with van der Waals surface area (Å²) in [7, 11) is 3.90. The second-order valence-electron chi connectivity index (χ2n) is 7.32. The molecule has 8 heteroatoms. The SMILES string of the molecule is Cc1ncc(C(O)=C2C(=O)C(=O)N(CCCN(C)C)[C@@H]2c2ccccn2)c(C)n1. The van der Waals surface area contributed by atoms with Crippen LogP contribution in [-0.2, 0) is 9.59 Å². The number of pyridine rings is 1. The van der Waals surface area contributed by atoms with Crippen LogP contribution in [0.5, 0.6) is 0 Å². The van der Waals surface area contributed by atoms with Gasteiger partial charge in [0.2, 0.25) is 0 Å². The van der Waals surface area contributed by atoms with Gasteiger partial charge in [0.15, 0.2) is 0 Å². The second-order valence-corrected chi connectivity index (χ2v) is 7.32. The first-order valence-corrected chi connectivity index (χ1v) is 9.46. The number of Topliss-reactive ketones (excluding diaryl/α,β-unsaturated/α-hetero) is 1. The van der Waals surface area contributed by atoms with Crippen LogP contribution in [0.15, 0.2) is 36.2 Å². The molecule has 0 spiro atoms. The zero-order valence-electron chi connectivity index (χ0n) is 17.1. The summed E-state index contributed by atoms with van der Waals surface area (Å²) in [6.07, 6.45) is 3.77. The van der Waals surface area contributed by atoms with Gasteiger partial charge in [-0.25, -0.2) is 9.97 Å². The maximum atomic E-state index is 12.9. The Hall–Kier alpha value is -3.13. The highest BCUT2D eigenvalue weighted by molar-refractivity contribution is 6.46. The predicted octanol–water partition coefficient (Wildman–Crippen LogP) is 1.86. The minimum atomic E-state index is -0.751. The van der Waals surface area contributed by atoms with Gasteiger partial charge in [-0.3, -0.25) is 14.6 Å². The van der Waals surface area contributed by atoms with Gasteiger partial charge in [-0.05, 0) is 53.0 Å². The summed E-state index contributed by atoms with van der Waals surface area (Å²) in [5, 5.41) is 11.0. The van der Waals surface area contributed by atoms with Crippen LogP contribution in [0.2, 0.25) is 0 Å². The molecule has 2 aromatic rings. The summed E-state index contributed by atoms with van der Waals surface area (Å²) in [5.41, 5.74) is 1.43. The number of aromatic nitrogens is 3. The summed E-state index contributed by atoms with van der Waals surface area (Å²) >= 11 is 0. The van der Waals surface area contributed by atoms with E-state index in [1.807, 2.05) is 19.0 Å². The van der Waals surface area contributed by atoms with E-state index in [0.717, 1.165) is 6.54 Å². The Balaban J connectivity index is 2.10. The number of hydrogen-bond acceptors (Lipinski definition) is 7. The summed E-state index contributed by atoms with van der Waals surface area (Å²) in [5.74, 6) is -1.06. The van der Waals surface area contributed by atoms with Crippen molar-refractivity contribution in [2.45, 2.75) is 26.3 Å². The van der Waals surface area contributed by atoms with E-state index < -0.39 is 17.7 Å². The molecule has 1 N–H and O–H groups in total. The molecular formula is C21H25N5O3. The van der Waals surface area contributed by atoms with Crippen molar-refractivity contribution in [2.75, 3.05) is 27.2 Å². The molecule has 1 saturated heterocycles. The Morgan fingerprint density at radius 3 is 2.59 bits per heavy atom. The third-order valence-corrected chi connectivity index (χ3v) is 4.87. The number of aryl methyl sites for hydroxylation is 2. The van der Waals surface area contributed by atoms with Crippen LogP contribution in [-0.4, -0.2) is 68.7 Å². The molecule has 1 aliphatic heterocycles. The summed E-state index contributed by atoms with van der Waals surface area (Å²) in [6, 6.07) is 4.56. The molecule has 8 nitrogen and oxygen atoms in total. The Bertz CT molecular complexity index is 956. The number of likely N-dealkylation sites (tertiary alicyclic amines) is 1. The Kier molecular flexibility index (Phi) is 6.03. The molecule has 3 heterocycles. The van der Waals surface area contributed by atoms with Gasteiger partial charge in [0, 0.05) is 18.9 Å². The molecule has 0 aromatic carbocycles. The maximum absolute atomic E-state index is 12.9. The van der Waals surface area contributed by atoms with Crippen molar-refractivity contribution in [3.8, 4) is 0 Å². The minimum Gasteiger partial charge on any atom is -0.507 e. The van der Waals surface area contributed by atoms with Gasteiger partial charge in [-0.15, -0.1) is 0 Å². The summed E-state index contributed by atoms with van der Waals surface area (Å²) < 4.78 is 0. The van der Waals surface area contributed by atoms with Crippen LogP contribution in [0.4, 0.5) is 0 Å². The van der Waals surface area contributed by atoms with Gasteiger partial charge in [-0.2, -0.15) is 0 Å². The van der Waals surface area contributed by atoms with Gasteiger partial charge in [0.05, 0.1) is 22.5 Å². The highest BCUT2D eigenvalue weighted by Gasteiger charge is 2.46. The molecule has 3 rings (SSSR count). The molecule has 2 aromatic heterocycles. The third-order valence-electron chi connectivity index (χ3n) is 4.87. The van der Waals surface area contributed by atoms with Gasteiger partial charge in [-0.1, -0.05) is 6.07 Å². The molecule has 1 atom stereocenters. The standard InChI is InChI=1S/C21H25N5O3/c1-13-15(12-23-14(2)24-13)19(27)17-18(16-8-5-6-9-22-16)26(21(29)20(17)28)11-7-10-25(3)4/h5-6,8-9,12,18,27H,7,10-11H2,1-4H3/t18-/m1/s1. The molecule has 0 saturated carbocycles. The van der Waals surface area contributed by atoms with Gasteiger partial charge in [0.25, 0.3) is 11.7 Å². The lowest BCUT2D eigenvalue weighted by Gasteiger charge is -2.25. The molecule has 1 amide bonds. The van der Waals surface area contributed by atoms with Crippen molar-refractivity contribution in [1.29, 1.82) is 0 Å².